The Balaban J connectivity index is 1.79. The highest BCUT2D eigenvalue weighted by Gasteiger charge is 2.31. The number of imidazole rings is 1. The molecule has 3 N–H and O–H groups in total. The van der Waals surface area contributed by atoms with Gasteiger partial charge < -0.3 is 10.1 Å². The molecule has 0 atom stereocenters. The first kappa shape index (κ1) is 13.1. The zero-order valence-corrected chi connectivity index (χ0v) is 12.4. The molecule has 4 aromatic rings. The van der Waals surface area contributed by atoms with Crippen LogP contribution in [0.25, 0.3) is 28.2 Å². The molecule has 3 heterocycles. The number of aryl methyl sites for hydroxylation is 1. The Morgan fingerprint density at radius 1 is 1.25 bits per heavy atom. The van der Waals surface area contributed by atoms with Crippen LogP contribution in [0, 0.1) is 0 Å². The van der Waals surface area contributed by atoms with Gasteiger partial charge in [-0.05, 0) is 30.5 Å². The number of hydrogen-bond acceptors (Lipinski definition) is 4. The van der Waals surface area contributed by atoms with Crippen molar-refractivity contribution in [3.63, 3.8) is 0 Å². The standard InChI is InChI=1S/C16H12N6O2/c23-15(24)14-12-11(6-5-8-7-17-20-13(8)12)22(21-14)16-18-9-3-1-2-4-10(9)19-16/h1-4,7H,5-6H2,(H,17,20)(H,18,19)(H,23,24). The Hall–Kier alpha value is -3.42. The number of fused-ring (bicyclic) bond motifs is 4. The molecule has 8 heteroatoms. The zero-order valence-electron chi connectivity index (χ0n) is 12.4. The smallest absolute Gasteiger partial charge is 0.357 e. The van der Waals surface area contributed by atoms with E-state index in [1.807, 2.05) is 24.3 Å². The molecule has 5 rings (SSSR count). The number of carboxylic acid groups (broad SMARTS) is 1. The summed E-state index contributed by atoms with van der Waals surface area (Å²) < 4.78 is 1.60. The molecule has 1 aromatic carbocycles. The fourth-order valence-corrected chi connectivity index (χ4v) is 3.28. The number of hydrogen-bond donors (Lipinski definition) is 3. The fourth-order valence-electron chi connectivity index (χ4n) is 3.28. The molecule has 0 spiro atoms. The summed E-state index contributed by atoms with van der Waals surface area (Å²) in [4.78, 5) is 19.4. The molecule has 0 saturated heterocycles. The lowest BCUT2D eigenvalue weighted by molar-refractivity contribution is 0.0690. The second-order valence-corrected chi connectivity index (χ2v) is 5.74. The van der Waals surface area contributed by atoms with Crippen molar-refractivity contribution in [2.24, 2.45) is 0 Å². The number of aromatic nitrogens is 6. The molecule has 1 aliphatic rings. The van der Waals surface area contributed by atoms with E-state index in [9.17, 15) is 9.90 Å². The minimum absolute atomic E-state index is 0.00987. The number of benzene rings is 1. The van der Waals surface area contributed by atoms with Gasteiger partial charge in [-0.3, -0.25) is 5.10 Å². The fraction of sp³-hybridized carbons (Fsp3) is 0.125. The highest BCUT2D eigenvalue weighted by molar-refractivity contribution is 5.95. The number of aromatic amines is 2. The third-order valence-corrected chi connectivity index (χ3v) is 4.36. The third kappa shape index (κ3) is 1.67. The number of rotatable bonds is 2. The number of carbonyl (C=O) groups is 1. The summed E-state index contributed by atoms with van der Waals surface area (Å²) in [7, 11) is 0. The lowest BCUT2D eigenvalue weighted by Crippen LogP contribution is -2.09. The van der Waals surface area contributed by atoms with Crippen molar-refractivity contribution in [2.75, 3.05) is 0 Å². The summed E-state index contributed by atoms with van der Waals surface area (Å²) in [6, 6.07) is 7.65. The molecule has 24 heavy (non-hydrogen) atoms. The van der Waals surface area contributed by atoms with Crippen LogP contribution in [-0.2, 0) is 12.8 Å². The van der Waals surface area contributed by atoms with Crippen LogP contribution in [-0.4, -0.2) is 41.0 Å². The van der Waals surface area contributed by atoms with Crippen molar-refractivity contribution in [1.29, 1.82) is 0 Å². The van der Waals surface area contributed by atoms with Gasteiger partial charge in [-0.2, -0.15) is 10.2 Å². The van der Waals surface area contributed by atoms with Crippen molar-refractivity contribution in [3.05, 3.63) is 47.4 Å². The lowest BCUT2D eigenvalue weighted by Gasteiger charge is -2.13. The van der Waals surface area contributed by atoms with E-state index in [4.69, 9.17) is 0 Å². The van der Waals surface area contributed by atoms with Crippen LogP contribution in [0.3, 0.4) is 0 Å². The number of H-pyrrole nitrogens is 2. The van der Waals surface area contributed by atoms with E-state index in [0.717, 1.165) is 34.4 Å². The maximum absolute atomic E-state index is 11.7. The number of nitrogens with zero attached hydrogens (tertiary/aromatic N) is 4. The maximum atomic E-state index is 11.7. The van der Waals surface area contributed by atoms with Gasteiger partial charge in [-0.1, -0.05) is 12.1 Å². The highest BCUT2D eigenvalue weighted by Crippen LogP contribution is 2.35. The van der Waals surface area contributed by atoms with Crippen molar-refractivity contribution in [2.45, 2.75) is 12.8 Å². The van der Waals surface area contributed by atoms with Gasteiger partial charge in [-0.25, -0.2) is 14.5 Å². The molecule has 8 nitrogen and oxygen atoms in total. The quantitative estimate of drug-likeness (QED) is 0.522. The number of nitrogens with one attached hydrogen (secondary N) is 2. The minimum atomic E-state index is -1.07. The molecular weight excluding hydrogens is 308 g/mol. The first-order chi connectivity index (χ1) is 11.7. The van der Waals surface area contributed by atoms with E-state index in [1.54, 1.807) is 10.9 Å². The zero-order chi connectivity index (χ0) is 16.3. The SMILES string of the molecule is O=C(O)c1nn(-c2nc3ccccc3[nH]2)c2c1-c1[nH]ncc1CC2. The highest BCUT2D eigenvalue weighted by atomic mass is 16.4. The summed E-state index contributed by atoms with van der Waals surface area (Å²) in [6.45, 7) is 0. The monoisotopic (exact) mass is 320 g/mol. The Morgan fingerprint density at radius 2 is 2.12 bits per heavy atom. The van der Waals surface area contributed by atoms with Crippen LogP contribution >= 0.6 is 0 Å². The van der Waals surface area contributed by atoms with Gasteiger partial charge in [0, 0.05) is 0 Å². The van der Waals surface area contributed by atoms with E-state index in [1.165, 1.54) is 0 Å². The van der Waals surface area contributed by atoms with E-state index < -0.39 is 5.97 Å². The lowest BCUT2D eigenvalue weighted by atomic mass is 9.94. The second-order valence-electron chi connectivity index (χ2n) is 5.74. The van der Waals surface area contributed by atoms with E-state index >= 15 is 0 Å². The Labute approximate surface area is 135 Å². The number of para-hydroxylation sites is 2. The van der Waals surface area contributed by atoms with Crippen LogP contribution in [0.5, 0.6) is 0 Å². The molecule has 0 radical (unpaired) electrons. The molecule has 1 aliphatic carbocycles. The Bertz CT molecular complexity index is 1070. The summed E-state index contributed by atoms with van der Waals surface area (Å²) in [6.07, 6.45) is 3.20. The van der Waals surface area contributed by atoms with E-state index in [2.05, 4.69) is 25.3 Å². The minimum Gasteiger partial charge on any atom is -0.476 e. The summed E-state index contributed by atoms with van der Waals surface area (Å²) in [5.41, 5.74) is 4.86. The predicted octanol–water partition coefficient (Wildman–Crippen LogP) is 1.94. The molecule has 0 fully saturated rings. The molecular formula is C16H12N6O2. The average Bonchev–Trinajstić information content (AvgIpc) is 3.29. The van der Waals surface area contributed by atoms with Crippen LogP contribution in [0.2, 0.25) is 0 Å². The van der Waals surface area contributed by atoms with Gasteiger partial charge in [0.1, 0.15) is 0 Å². The predicted molar refractivity (Wildman–Crippen MR) is 85.2 cm³/mol. The molecule has 0 bridgehead atoms. The number of aromatic carboxylic acids is 1. The molecule has 0 amide bonds. The molecule has 118 valence electrons. The normalized spacial score (nSPS) is 13.0. The molecule has 0 saturated carbocycles. The van der Waals surface area contributed by atoms with Crippen molar-refractivity contribution < 1.29 is 9.90 Å². The van der Waals surface area contributed by atoms with Gasteiger partial charge in [0.25, 0.3) is 0 Å². The van der Waals surface area contributed by atoms with Crippen LogP contribution in [0.4, 0.5) is 0 Å². The first-order valence-electron chi connectivity index (χ1n) is 7.55. The first-order valence-corrected chi connectivity index (χ1v) is 7.55. The van der Waals surface area contributed by atoms with Crippen LogP contribution in [0.15, 0.2) is 30.5 Å². The average molecular weight is 320 g/mol. The van der Waals surface area contributed by atoms with Gasteiger partial charge in [0.15, 0.2) is 5.69 Å². The summed E-state index contributed by atoms with van der Waals surface area (Å²) >= 11 is 0. The van der Waals surface area contributed by atoms with Gasteiger partial charge >= 0.3 is 5.97 Å². The van der Waals surface area contributed by atoms with Gasteiger partial charge in [0.2, 0.25) is 5.95 Å². The second kappa shape index (κ2) is 4.54. The van der Waals surface area contributed by atoms with Crippen LogP contribution < -0.4 is 0 Å². The van der Waals surface area contributed by atoms with Gasteiger partial charge in [-0.15, -0.1) is 0 Å². The Morgan fingerprint density at radius 3 is 2.96 bits per heavy atom. The molecule has 0 aliphatic heterocycles. The van der Waals surface area contributed by atoms with E-state index in [0.29, 0.717) is 17.9 Å². The van der Waals surface area contributed by atoms with E-state index in [-0.39, 0.29) is 5.69 Å². The largest absolute Gasteiger partial charge is 0.476 e. The maximum Gasteiger partial charge on any atom is 0.357 e. The third-order valence-electron chi connectivity index (χ3n) is 4.36. The number of carboxylic acids is 1. The summed E-state index contributed by atoms with van der Waals surface area (Å²) in [5, 5.41) is 20.8. The van der Waals surface area contributed by atoms with Crippen LogP contribution in [0.1, 0.15) is 21.7 Å². The molecule has 3 aromatic heterocycles. The topological polar surface area (TPSA) is 112 Å². The molecule has 0 unspecified atom stereocenters. The van der Waals surface area contributed by atoms with Crippen molar-refractivity contribution >= 4 is 17.0 Å². The van der Waals surface area contributed by atoms with Crippen molar-refractivity contribution in [3.8, 4) is 17.2 Å². The Kier molecular flexibility index (Phi) is 2.47. The summed E-state index contributed by atoms with van der Waals surface area (Å²) in [5.74, 6) is -0.550. The van der Waals surface area contributed by atoms with Crippen molar-refractivity contribution in [1.82, 2.24) is 29.9 Å². The van der Waals surface area contributed by atoms with Gasteiger partial charge in [0.05, 0.1) is 34.2 Å².